The van der Waals surface area contributed by atoms with Crippen molar-refractivity contribution in [3.8, 4) is 0 Å². The van der Waals surface area contributed by atoms with Crippen LogP contribution in [0.2, 0.25) is 0 Å². The smallest absolute Gasteiger partial charge is 0.0547 e. The topological polar surface area (TPSA) is 28.2 Å². The van der Waals surface area contributed by atoms with Gasteiger partial charge < -0.3 is 5.32 Å². The van der Waals surface area contributed by atoms with Gasteiger partial charge in [0.05, 0.1) is 11.4 Å². The molecule has 1 aromatic heterocycles. The van der Waals surface area contributed by atoms with E-state index in [0.717, 1.165) is 18.8 Å². The van der Waals surface area contributed by atoms with Crippen molar-refractivity contribution < 1.29 is 0 Å². The zero-order valence-corrected chi connectivity index (χ0v) is 13.4. The third-order valence-corrected chi connectivity index (χ3v) is 3.92. The molecule has 2 heterocycles. The highest BCUT2D eigenvalue weighted by Crippen LogP contribution is 2.28. The van der Waals surface area contributed by atoms with E-state index in [1.807, 2.05) is 0 Å². The Morgan fingerprint density at radius 3 is 2.75 bits per heavy atom. The van der Waals surface area contributed by atoms with Gasteiger partial charge in [-0.25, -0.2) is 0 Å². The number of piperidine rings is 1. The fourth-order valence-corrected chi connectivity index (χ4v) is 2.93. The molecule has 1 aliphatic rings. The molecule has 2 rings (SSSR count). The Bertz CT molecular complexity index is 426. The lowest BCUT2D eigenvalue weighted by Gasteiger charge is -2.37. The molecule has 0 unspecified atom stereocenters. The summed E-state index contributed by atoms with van der Waals surface area (Å²) in [7, 11) is 0. The highest BCUT2D eigenvalue weighted by atomic mass is 15.1. The van der Waals surface area contributed by atoms with Crippen molar-refractivity contribution >= 4 is 0 Å². The van der Waals surface area contributed by atoms with E-state index in [9.17, 15) is 0 Å². The molecule has 0 bridgehead atoms. The molecule has 1 aromatic rings. The number of likely N-dealkylation sites (tertiary alicyclic amines) is 1. The van der Waals surface area contributed by atoms with Gasteiger partial charge in [-0.15, -0.1) is 0 Å². The van der Waals surface area contributed by atoms with Crippen molar-refractivity contribution in [1.82, 2.24) is 15.2 Å². The number of pyridine rings is 1. The van der Waals surface area contributed by atoms with Crippen molar-refractivity contribution in [1.29, 1.82) is 0 Å². The molecule has 3 heteroatoms. The second-order valence-electron chi connectivity index (χ2n) is 7.13. The van der Waals surface area contributed by atoms with Gasteiger partial charge in [-0.1, -0.05) is 33.8 Å². The second kappa shape index (κ2) is 6.68. The molecular weight excluding hydrogens is 246 g/mol. The van der Waals surface area contributed by atoms with E-state index in [-0.39, 0.29) is 0 Å². The predicted molar refractivity (Wildman–Crippen MR) is 84.5 cm³/mol. The summed E-state index contributed by atoms with van der Waals surface area (Å²) in [6, 6.07) is 6.90. The first-order valence-corrected chi connectivity index (χ1v) is 7.85. The lowest BCUT2D eigenvalue weighted by Crippen LogP contribution is -2.39. The van der Waals surface area contributed by atoms with Gasteiger partial charge in [0.15, 0.2) is 0 Å². The summed E-state index contributed by atoms with van der Waals surface area (Å²) in [5.74, 6) is 0. The van der Waals surface area contributed by atoms with Crippen LogP contribution in [-0.4, -0.2) is 29.0 Å². The quantitative estimate of drug-likeness (QED) is 0.894. The fourth-order valence-electron chi connectivity index (χ4n) is 2.93. The van der Waals surface area contributed by atoms with Gasteiger partial charge in [0.2, 0.25) is 0 Å². The molecule has 3 nitrogen and oxygen atoms in total. The zero-order valence-electron chi connectivity index (χ0n) is 13.4. The first-order chi connectivity index (χ1) is 9.44. The summed E-state index contributed by atoms with van der Waals surface area (Å²) < 4.78 is 0. The third kappa shape index (κ3) is 4.88. The van der Waals surface area contributed by atoms with Crippen LogP contribution in [0.4, 0.5) is 0 Å². The Morgan fingerprint density at radius 1 is 1.30 bits per heavy atom. The molecular formula is C17H29N3. The Morgan fingerprint density at radius 2 is 2.05 bits per heavy atom. The zero-order chi connectivity index (χ0) is 14.6. The maximum Gasteiger partial charge on any atom is 0.0547 e. The van der Waals surface area contributed by atoms with Crippen molar-refractivity contribution in [2.24, 2.45) is 5.41 Å². The summed E-state index contributed by atoms with van der Waals surface area (Å²) in [5.41, 5.74) is 2.80. The van der Waals surface area contributed by atoms with Crippen molar-refractivity contribution in [3.05, 3.63) is 29.6 Å². The molecule has 0 atom stereocenters. The molecule has 1 fully saturated rings. The van der Waals surface area contributed by atoms with Gasteiger partial charge in [0, 0.05) is 25.7 Å². The molecule has 0 spiro atoms. The van der Waals surface area contributed by atoms with Crippen molar-refractivity contribution in [2.45, 2.75) is 59.7 Å². The van der Waals surface area contributed by atoms with Gasteiger partial charge in [-0.2, -0.15) is 0 Å². The average molecular weight is 275 g/mol. The molecule has 0 radical (unpaired) electrons. The first-order valence-electron chi connectivity index (χ1n) is 7.85. The summed E-state index contributed by atoms with van der Waals surface area (Å²) in [6.45, 7) is 13.3. The van der Waals surface area contributed by atoms with E-state index >= 15 is 0 Å². The number of nitrogens with one attached hydrogen (secondary N) is 1. The second-order valence-corrected chi connectivity index (χ2v) is 7.13. The number of hydrogen-bond donors (Lipinski definition) is 1. The minimum atomic E-state index is 0.453. The van der Waals surface area contributed by atoms with Crippen LogP contribution < -0.4 is 5.32 Å². The van der Waals surface area contributed by atoms with Crippen LogP contribution in [0.3, 0.4) is 0 Å². The van der Waals surface area contributed by atoms with E-state index in [1.165, 1.54) is 31.6 Å². The van der Waals surface area contributed by atoms with Gasteiger partial charge in [0.1, 0.15) is 0 Å². The summed E-state index contributed by atoms with van der Waals surface area (Å²) in [5, 5.41) is 3.43. The molecule has 1 saturated heterocycles. The SMILES string of the molecule is CC(C)NCc1cccc(CN2CCCC(C)(C)C2)n1. The normalized spacial score (nSPS) is 19.4. The molecule has 0 aromatic carbocycles. The Kier molecular flexibility index (Phi) is 5.17. The van der Waals surface area contributed by atoms with Gasteiger partial charge >= 0.3 is 0 Å². The van der Waals surface area contributed by atoms with E-state index in [2.05, 4.69) is 56.1 Å². The molecule has 1 N–H and O–H groups in total. The van der Waals surface area contributed by atoms with Crippen molar-refractivity contribution in [3.63, 3.8) is 0 Å². The first kappa shape index (κ1) is 15.5. The van der Waals surface area contributed by atoms with Crippen LogP contribution in [0.15, 0.2) is 18.2 Å². The fraction of sp³-hybridized carbons (Fsp3) is 0.706. The molecule has 0 saturated carbocycles. The molecule has 112 valence electrons. The highest BCUT2D eigenvalue weighted by Gasteiger charge is 2.26. The Labute approximate surface area is 123 Å². The van der Waals surface area contributed by atoms with E-state index in [0.29, 0.717) is 11.5 Å². The average Bonchev–Trinajstić information content (AvgIpc) is 2.35. The number of rotatable bonds is 5. The van der Waals surface area contributed by atoms with Gasteiger partial charge in [-0.3, -0.25) is 9.88 Å². The summed E-state index contributed by atoms with van der Waals surface area (Å²) in [6.07, 6.45) is 2.65. The lowest BCUT2D eigenvalue weighted by molar-refractivity contribution is 0.110. The molecule has 20 heavy (non-hydrogen) atoms. The number of hydrogen-bond acceptors (Lipinski definition) is 3. The largest absolute Gasteiger partial charge is 0.309 e. The third-order valence-electron chi connectivity index (χ3n) is 3.92. The number of nitrogens with zero attached hydrogens (tertiary/aromatic N) is 2. The summed E-state index contributed by atoms with van der Waals surface area (Å²) in [4.78, 5) is 7.33. The highest BCUT2D eigenvalue weighted by molar-refractivity contribution is 5.11. The van der Waals surface area contributed by atoms with E-state index < -0.39 is 0 Å². The van der Waals surface area contributed by atoms with Crippen LogP contribution in [0.5, 0.6) is 0 Å². The minimum absolute atomic E-state index is 0.453. The van der Waals surface area contributed by atoms with Crippen molar-refractivity contribution in [2.75, 3.05) is 13.1 Å². The van der Waals surface area contributed by atoms with E-state index in [4.69, 9.17) is 4.98 Å². The maximum atomic E-state index is 4.78. The maximum absolute atomic E-state index is 4.78. The Hall–Kier alpha value is -0.930. The molecule has 0 amide bonds. The number of aromatic nitrogens is 1. The van der Waals surface area contributed by atoms with E-state index in [1.54, 1.807) is 0 Å². The minimum Gasteiger partial charge on any atom is -0.309 e. The lowest BCUT2D eigenvalue weighted by atomic mass is 9.84. The monoisotopic (exact) mass is 275 g/mol. The summed E-state index contributed by atoms with van der Waals surface area (Å²) >= 11 is 0. The Balaban J connectivity index is 1.93. The molecule has 0 aliphatic carbocycles. The van der Waals surface area contributed by atoms with Crippen LogP contribution in [0, 0.1) is 5.41 Å². The van der Waals surface area contributed by atoms with Crippen LogP contribution in [-0.2, 0) is 13.1 Å². The molecule has 1 aliphatic heterocycles. The van der Waals surface area contributed by atoms with Gasteiger partial charge in [-0.05, 0) is 36.9 Å². The van der Waals surface area contributed by atoms with Gasteiger partial charge in [0.25, 0.3) is 0 Å². The van der Waals surface area contributed by atoms with Crippen LogP contribution in [0.1, 0.15) is 51.9 Å². The predicted octanol–water partition coefficient (Wildman–Crippen LogP) is 3.20. The standard InChI is InChI=1S/C17H29N3/c1-14(2)18-11-15-7-5-8-16(19-15)12-20-10-6-9-17(3,4)13-20/h5,7-8,14,18H,6,9-13H2,1-4H3. The van der Waals surface area contributed by atoms with Crippen LogP contribution >= 0.6 is 0 Å². The van der Waals surface area contributed by atoms with Crippen LogP contribution in [0.25, 0.3) is 0 Å².